The van der Waals surface area contributed by atoms with Gasteiger partial charge in [0.2, 0.25) is 0 Å². The molecule has 0 N–H and O–H groups in total. The number of anilines is 1. The quantitative estimate of drug-likeness (QED) is 0.646. The monoisotopic (exact) mass is 276 g/mol. The molecule has 112 valence electrons. The minimum absolute atomic E-state index is 0.801. The number of hydrogen-bond donors (Lipinski definition) is 0. The van der Waals surface area contributed by atoms with Crippen molar-refractivity contribution in [3.05, 3.63) is 29.3 Å². The van der Waals surface area contributed by atoms with E-state index in [1.807, 2.05) is 13.0 Å². The Morgan fingerprint density at radius 2 is 1.75 bits per heavy atom. The molecule has 0 saturated carbocycles. The summed E-state index contributed by atoms with van der Waals surface area (Å²) in [5, 5.41) is 0. The smallest absolute Gasteiger partial charge is 0.152 e. The van der Waals surface area contributed by atoms with Crippen molar-refractivity contribution in [2.75, 3.05) is 37.6 Å². The predicted molar refractivity (Wildman–Crippen MR) is 86.9 cm³/mol. The van der Waals surface area contributed by atoms with Crippen LogP contribution < -0.4 is 4.90 Å². The van der Waals surface area contributed by atoms with E-state index in [1.54, 1.807) is 0 Å². The molecule has 0 spiro atoms. The summed E-state index contributed by atoms with van der Waals surface area (Å²) in [6.45, 7) is 13.8. The molecule has 0 atom stereocenters. The summed E-state index contributed by atoms with van der Waals surface area (Å²) in [6.07, 6.45) is 2.09. The first kappa shape index (κ1) is 16.7. The third-order valence-electron chi connectivity index (χ3n) is 3.83. The number of aryl methyl sites for hydroxylation is 1. The van der Waals surface area contributed by atoms with Crippen LogP contribution in [0.25, 0.3) is 0 Å². The zero-order valence-electron chi connectivity index (χ0n) is 13.4. The van der Waals surface area contributed by atoms with Gasteiger partial charge in [-0.2, -0.15) is 0 Å². The molecule has 0 aromatic heterocycles. The second kappa shape index (κ2) is 8.75. The number of aldehydes is 1. The van der Waals surface area contributed by atoms with Gasteiger partial charge in [0.15, 0.2) is 6.29 Å². The number of rotatable bonds is 9. The standard InChI is InChI=1S/C17H28N2O/c1-5-18(6-2)11-8-12-19(7-3)17-10-9-15(4)13-16(17)14-20/h9-10,13-14H,5-8,11-12H2,1-4H3. The first-order valence-electron chi connectivity index (χ1n) is 7.69. The molecular formula is C17H28N2O. The fourth-order valence-corrected chi connectivity index (χ4v) is 2.53. The lowest BCUT2D eigenvalue weighted by molar-refractivity contribution is 0.112. The molecular weight excluding hydrogens is 248 g/mol. The third kappa shape index (κ3) is 4.64. The van der Waals surface area contributed by atoms with E-state index in [0.29, 0.717) is 0 Å². The van der Waals surface area contributed by atoms with E-state index in [-0.39, 0.29) is 0 Å². The Labute approximate surface area is 123 Å². The fourth-order valence-electron chi connectivity index (χ4n) is 2.53. The normalized spacial score (nSPS) is 10.8. The highest BCUT2D eigenvalue weighted by Gasteiger charge is 2.10. The highest BCUT2D eigenvalue weighted by Crippen LogP contribution is 2.20. The van der Waals surface area contributed by atoms with E-state index in [4.69, 9.17) is 0 Å². The molecule has 20 heavy (non-hydrogen) atoms. The topological polar surface area (TPSA) is 23.6 Å². The summed E-state index contributed by atoms with van der Waals surface area (Å²) in [7, 11) is 0. The Morgan fingerprint density at radius 3 is 2.30 bits per heavy atom. The molecule has 0 amide bonds. The largest absolute Gasteiger partial charge is 0.371 e. The van der Waals surface area contributed by atoms with E-state index >= 15 is 0 Å². The molecule has 0 aliphatic rings. The maximum atomic E-state index is 11.2. The Hall–Kier alpha value is -1.35. The van der Waals surface area contributed by atoms with E-state index in [2.05, 4.69) is 42.7 Å². The van der Waals surface area contributed by atoms with Gasteiger partial charge in [0.1, 0.15) is 0 Å². The average molecular weight is 276 g/mol. The van der Waals surface area contributed by atoms with E-state index in [9.17, 15) is 4.79 Å². The molecule has 0 fully saturated rings. The van der Waals surface area contributed by atoms with Crippen LogP contribution in [0.5, 0.6) is 0 Å². The van der Waals surface area contributed by atoms with Crippen molar-refractivity contribution in [1.29, 1.82) is 0 Å². The van der Waals surface area contributed by atoms with Crippen molar-refractivity contribution >= 4 is 12.0 Å². The molecule has 0 radical (unpaired) electrons. The second-order valence-electron chi connectivity index (χ2n) is 5.14. The molecule has 0 bridgehead atoms. The summed E-state index contributed by atoms with van der Waals surface area (Å²) in [6, 6.07) is 6.12. The molecule has 3 nitrogen and oxygen atoms in total. The Kier molecular flexibility index (Phi) is 7.31. The van der Waals surface area contributed by atoms with Gasteiger partial charge in [-0.05, 0) is 52.0 Å². The number of carbonyl (C=O) groups excluding carboxylic acids is 1. The molecule has 0 heterocycles. The Morgan fingerprint density at radius 1 is 1.05 bits per heavy atom. The number of carbonyl (C=O) groups is 1. The van der Waals surface area contributed by atoms with Gasteiger partial charge in [0.25, 0.3) is 0 Å². The van der Waals surface area contributed by atoms with E-state index < -0.39 is 0 Å². The van der Waals surface area contributed by atoms with Crippen LogP contribution >= 0.6 is 0 Å². The second-order valence-corrected chi connectivity index (χ2v) is 5.14. The summed E-state index contributed by atoms with van der Waals surface area (Å²) in [5.41, 5.74) is 3.00. The maximum Gasteiger partial charge on any atom is 0.152 e. The van der Waals surface area contributed by atoms with Crippen LogP contribution in [0.15, 0.2) is 18.2 Å². The molecule has 1 aromatic carbocycles. The number of benzene rings is 1. The molecule has 1 rings (SSSR count). The van der Waals surface area contributed by atoms with E-state index in [1.165, 1.54) is 0 Å². The van der Waals surface area contributed by atoms with Crippen molar-refractivity contribution < 1.29 is 4.79 Å². The number of nitrogens with zero attached hydrogens (tertiary/aromatic N) is 2. The fraction of sp³-hybridized carbons (Fsp3) is 0.588. The van der Waals surface area contributed by atoms with Gasteiger partial charge < -0.3 is 9.80 Å². The summed E-state index contributed by atoms with van der Waals surface area (Å²) in [5.74, 6) is 0. The van der Waals surface area contributed by atoms with Crippen molar-refractivity contribution in [3.8, 4) is 0 Å². The van der Waals surface area contributed by atoms with E-state index in [0.717, 1.165) is 62.2 Å². The van der Waals surface area contributed by atoms with Crippen LogP contribution in [0.1, 0.15) is 43.1 Å². The summed E-state index contributed by atoms with van der Waals surface area (Å²) in [4.78, 5) is 16.0. The minimum Gasteiger partial charge on any atom is -0.371 e. The summed E-state index contributed by atoms with van der Waals surface area (Å²) < 4.78 is 0. The highest BCUT2D eigenvalue weighted by molar-refractivity contribution is 5.85. The van der Waals surface area contributed by atoms with Gasteiger partial charge in [0.05, 0.1) is 0 Å². The average Bonchev–Trinajstić information content (AvgIpc) is 2.48. The minimum atomic E-state index is 0.801. The van der Waals surface area contributed by atoms with Crippen LogP contribution in [0, 0.1) is 6.92 Å². The lowest BCUT2D eigenvalue weighted by Crippen LogP contribution is -2.30. The van der Waals surface area contributed by atoms with Crippen LogP contribution in [0.4, 0.5) is 5.69 Å². The van der Waals surface area contributed by atoms with Crippen molar-refractivity contribution in [2.24, 2.45) is 0 Å². The molecule has 0 aliphatic heterocycles. The highest BCUT2D eigenvalue weighted by atomic mass is 16.1. The van der Waals surface area contributed by atoms with Gasteiger partial charge in [-0.3, -0.25) is 4.79 Å². The lowest BCUT2D eigenvalue weighted by atomic mass is 10.1. The zero-order valence-corrected chi connectivity index (χ0v) is 13.4. The van der Waals surface area contributed by atoms with Crippen LogP contribution in [-0.2, 0) is 0 Å². The van der Waals surface area contributed by atoms with Gasteiger partial charge in [-0.1, -0.05) is 25.5 Å². The first-order chi connectivity index (χ1) is 9.65. The van der Waals surface area contributed by atoms with Gasteiger partial charge >= 0.3 is 0 Å². The van der Waals surface area contributed by atoms with Crippen molar-refractivity contribution in [3.63, 3.8) is 0 Å². The Balaban J connectivity index is 2.69. The molecule has 0 saturated heterocycles. The third-order valence-corrected chi connectivity index (χ3v) is 3.83. The molecule has 3 heteroatoms. The van der Waals surface area contributed by atoms with Gasteiger partial charge in [-0.15, -0.1) is 0 Å². The van der Waals surface area contributed by atoms with Gasteiger partial charge in [0, 0.05) is 24.3 Å². The zero-order chi connectivity index (χ0) is 15.0. The van der Waals surface area contributed by atoms with Crippen molar-refractivity contribution in [2.45, 2.75) is 34.1 Å². The van der Waals surface area contributed by atoms with Gasteiger partial charge in [-0.25, -0.2) is 0 Å². The molecule has 0 aliphatic carbocycles. The lowest BCUT2D eigenvalue weighted by Gasteiger charge is -2.26. The molecule has 0 unspecified atom stereocenters. The predicted octanol–water partition coefficient (Wildman–Crippen LogP) is 3.37. The first-order valence-corrected chi connectivity index (χ1v) is 7.69. The Bertz CT molecular complexity index is 413. The summed E-state index contributed by atoms with van der Waals surface area (Å²) >= 11 is 0. The number of hydrogen-bond acceptors (Lipinski definition) is 3. The molecule has 1 aromatic rings. The van der Waals surface area contributed by atoms with Crippen LogP contribution in [0.2, 0.25) is 0 Å². The van der Waals surface area contributed by atoms with Crippen LogP contribution in [0.3, 0.4) is 0 Å². The van der Waals surface area contributed by atoms with Crippen LogP contribution in [-0.4, -0.2) is 43.9 Å². The SMILES string of the molecule is CCN(CC)CCCN(CC)c1ccc(C)cc1C=O. The van der Waals surface area contributed by atoms with Crippen molar-refractivity contribution in [1.82, 2.24) is 4.90 Å². The maximum absolute atomic E-state index is 11.2.